The van der Waals surface area contributed by atoms with E-state index in [0.29, 0.717) is 37.9 Å². The summed E-state index contributed by atoms with van der Waals surface area (Å²) in [5, 5.41) is 9.63. The van der Waals surface area contributed by atoms with Gasteiger partial charge in [-0.25, -0.2) is 0 Å². The van der Waals surface area contributed by atoms with Crippen molar-refractivity contribution in [3.8, 4) is 0 Å². The Balaban J connectivity index is 1.41. The van der Waals surface area contributed by atoms with Crippen LogP contribution in [0.5, 0.6) is 0 Å². The van der Waals surface area contributed by atoms with E-state index in [9.17, 15) is 14.7 Å². The molecule has 1 aromatic carbocycles. The number of carbonyl (C=O) groups is 2. The maximum Gasteiger partial charge on any atom is 0.306 e. The lowest BCUT2D eigenvalue weighted by atomic mass is 9.95. The standard InChI is InChI=1S/C28H40O5/c29-21-24(13-5-3-11-19-27(30)32-22-25-15-7-1-8-16-25)14-6-4-12-20-28(31)33-23-26-17-9-2-10-18-26/h1-2,7-10,15-17,24,26,29H,3-6,11-14,18-23H2. The highest BCUT2D eigenvalue weighted by molar-refractivity contribution is 5.69. The van der Waals surface area contributed by atoms with Crippen molar-refractivity contribution < 1.29 is 24.2 Å². The van der Waals surface area contributed by atoms with Gasteiger partial charge >= 0.3 is 11.9 Å². The van der Waals surface area contributed by atoms with Gasteiger partial charge in [-0.1, -0.05) is 80.3 Å². The van der Waals surface area contributed by atoms with Crippen molar-refractivity contribution in [2.45, 2.75) is 77.2 Å². The van der Waals surface area contributed by atoms with Gasteiger partial charge in [-0.15, -0.1) is 0 Å². The van der Waals surface area contributed by atoms with Gasteiger partial charge in [-0.05, 0) is 43.6 Å². The van der Waals surface area contributed by atoms with Gasteiger partial charge in [-0.2, -0.15) is 0 Å². The Morgan fingerprint density at radius 2 is 1.55 bits per heavy atom. The molecule has 0 bridgehead atoms. The first kappa shape index (κ1) is 26.8. The lowest BCUT2D eigenvalue weighted by Crippen LogP contribution is -2.13. The van der Waals surface area contributed by atoms with Crippen molar-refractivity contribution in [2.24, 2.45) is 11.8 Å². The van der Waals surface area contributed by atoms with E-state index < -0.39 is 0 Å². The first-order valence-electron chi connectivity index (χ1n) is 12.5. The number of esters is 2. The number of carbonyl (C=O) groups excluding carboxylic acids is 2. The normalized spacial score (nSPS) is 15.8. The number of aliphatic hydroxyl groups excluding tert-OH is 1. The minimum Gasteiger partial charge on any atom is -0.465 e. The van der Waals surface area contributed by atoms with Crippen LogP contribution < -0.4 is 0 Å². The third-order valence-electron chi connectivity index (χ3n) is 6.02. The zero-order valence-electron chi connectivity index (χ0n) is 19.8. The summed E-state index contributed by atoms with van der Waals surface area (Å²) in [6, 6.07) is 9.70. The summed E-state index contributed by atoms with van der Waals surface area (Å²) in [6.45, 7) is 1.00. The molecule has 1 N–H and O–H groups in total. The third kappa shape index (κ3) is 13.0. The second-order valence-corrected chi connectivity index (χ2v) is 8.89. The van der Waals surface area contributed by atoms with Gasteiger partial charge in [0.2, 0.25) is 0 Å². The van der Waals surface area contributed by atoms with Gasteiger partial charge < -0.3 is 14.6 Å². The monoisotopic (exact) mass is 456 g/mol. The Bertz CT molecular complexity index is 725. The quantitative estimate of drug-likeness (QED) is 0.233. The number of unbranched alkanes of at least 4 members (excludes halogenated alkanes) is 4. The van der Waals surface area contributed by atoms with Crippen LogP contribution in [-0.2, 0) is 25.7 Å². The summed E-state index contributed by atoms with van der Waals surface area (Å²) in [7, 11) is 0. The van der Waals surface area contributed by atoms with Crippen LogP contribution >= 0.6 is 0 Å². The van der Waals surface area contributed by atoms with Crippen molar-refractivity contribution in [1.82, 2.24) is 0 Å². The van der Waals surface area contributed by atoms with Gasteiger partial charge in [0.1, 0.15) is 6.61 Å². The molecule has 5 nitrogen and oxygen atoms in total. The van der Waals surface area contributed by atoms with E-state index in [2.05, 4.69) is 12.2 Å². The summed E-state index contributed by atoms with van der Waals surface area (Å²) >= 11 is 0. The first-order valence-corrected chi connectivity index (χ1v) is 12.5. The Labute approximate surface area is 198 Å². The minimum absolute atomic E-state index is 0.112. The van der Waals surface area contributed by atoms with E-state index in [1.807, 2.05) is 42.5 Å². The van der Waals surface area contributed by atoms with Crippen molar-refractivity contribution in [1.29, 1.82) is 0 Å². The van der Waals surface area contributed by atoms with E-state index in [1.54, 1.807) is 0 Å². The predicted molar refractivity (Wildman–Crippen MR) is 130 cm³/mol. The molecule has 1 aliphatic rings. The molecule has 182 valence electrons. The van der Waals surface area contributed by atoms with E-state index in [0.717, 1.165) is 63.4 Å². The fraction of sp³-hybridized carbons (Fsp3) is 0.571. The number of hydrogen-bond donors (Lipinski definition) is 1. The molecule has 5 heteroatoms. The van der Waals surface area contributed by atoms with Crippen LogP contribution in [0.15, 0.2) is 54.6 Å². The molecule has 2 atom stereocenters. The molecule has 0 saturated heterocycles. The van der Waals surface area contributed by atoms with Crippen LogP contribution in [0.4, 0.5) is 0 Å². The van der Waals surface area contributed by atoms with Gasteiger partial charge in [0, 0.05) is 25.4 Å². The molecular weight excluding hydrogens is 416 g/mol. The Morgan fingerprint density at radius 1 is 0.879 bits per heavy atom. The predicted octanol–water partition coefficient (Wildman–Crippen LogP) is 5.91. The van der Waals surface area contributed by atoms with Crippen molar-refractivity contribution in [3.05, 3.63) is 60.2 Å². The average molecular weight is 457 g/mol. The molecule has 0 saturated carbocycles. The molecule has 1 aliphatic carbocycles. The smallest absolute Gasteiger partial charge is 0.306 e. The molecule has 2 unspecified atom stereocenters. The molecule has 0 aromatic heterocycles. The Morgan fingerprint density at radius 3 is 2.15 bits per heavy atom. The summed E-state index contributed by atoms with van der Waals surface area (Å²) in [5.41, 5.74) is 1.00. The highest BCUT2D eigenvalue weighted by Gasteiger charge is 2.11. The minimum atomic E-state index is -0.150. The molecule has 0 radical (unpaired) electrons. The van der Waals surface area contributed by atoms with Crippen molar-refractivity contribution >= 4 is 11.9 Å². The molecular formula is C28H40O5. The number of ether oxygens (including phenoxy) is 2. The van der Waals surface area contributed by atoms with Gasteiger partial charge in [0.25, 0.3) is 0 Å². The molecule has 0 amide bonds. The average Bonchev–Trinajstić information content (AvgIpc) is 2.85. The lowest BCUT2D eigenvalue weighted by molar-refractivity contribution is -0.145. The van der Waals surface area contributed by atoms with Crippen LogP contribution in [0.3, 0.4) is 0 Å². The number of rotatable bonds is 17. The van der Waals surface area contributed by atoms with Crippen LogP contribution in [0.25, 0.3) is 0 Å². The highest BCUT2D eigenvalue weighted by Crippen LogP contribution is 2.18. The maximum atomic E-state index is 11.9. The van der Waals surface area contributed by atoms with Crippen LogP contribution in [-0.4, -0.2) is 30.3 Å². The van der Waals surface area contributed by atoms with E-state index in [-0.39, 0.29) is 18.5 Å². The van der Waals surface area contributed by atoms with E-state index >= 15 is 0 Å². The SMILES string of the molecule is O=C(CCCCCC(CO)CCCCCC(=O)OCC1C=CC=CC1)OCc1ccccc1. The zero-order valence-corrected chi connectivity index (χ0v) is 19.8. The summed E-state index contributed by atoms with van der Waals surface area (Å²) < 4.78 is 10.7. The molecule has 0 heterocycles. The molecule has 0 spiro atoms. The lowest BCUT2D eigenvalue weighted by Gasteiger charge is -2.14. The first-order chi connectivity index (χ1) is 16.2. The summed E-state index contributed by atoms with van der Waals surface area (Å²) in [5.74, 6) is 0.347. The largest absolute Gasteiger partial charge is 0.465 e. The van der Waals surface area contributed by atoms with E-state index in [1.165, 1.54) is 0 Å². The fourth-order valence-electron chi connectivity index (χ4n) is 3.92. The van der Waals surface area contributed by atoms with Crippen molar-refractivity contribution in [3.63, 3.8) is 0 Å². The maximum absolute atomic E-state index is 11.9. The molecule has 1 aromatic rings. The van der Waals surface area contributed by atoms with Gasteiger partial charge in [-0.3, -0.25) is 9.59 Å². The number of aliphatic hydroxyl groups is 1. The molecule has 2 rings (SSSR count). The molecule has 0 fully saturated rings. The van der Waals surface area contributed by atoms with E-state index in [4.69, 9.17) is 9.47 Å². The number of allylic oxidation sites excluding steroid dienone is 3. The third-order valence-corrected chi connectivity index (χ3v) is 6.02. The topological polar surface area (TPSA) is 72.8 Å². The van der Waals surface area contributed by atoms with Crippen LogP contribution in [0.2, 0.25) is 0 Å². The Kier molecular flexibility index (Phi) is 13.9. The summed E-state index contributed by atoms with van der Waals surface area (Å²) in [6.07, 6.45) is 17.6. The van der Waals surface area contributed by atoms with Gasteiger partial charge in [0.05, 0.1) is 6.61 Å². The highest BCUT2D eigenvalue weighted by atomic mass is 16.5. The number of benzene rings is 1. The number of hydrogen-bond acceptors (Lipinski definition) is 5. The van der Waals surface area contributed by atoms with Crippen LogP contribution in [0.1, 0.15) is 76.2 Å². The second-order valence-electron chi connectivity index (χ2n) is 8.89. The zero-order chi connectivity index (χ0) is 23.6. The fourth-order valence-corrected chi connectivity index (χ4v) is 3.92. The summed E-state index contributed by atoms with van der Waals surface area (Å²) in [4.78, 5) is 23.7. The Hall–Kier alpha value is -2.40. The molecule has 0 aliphatic heterocycles. The van der Waals surface area contributed by atoms with Gasteiger partial charge in [0.15, 0.2) is 0 Å². The second kappa shape index (κ2) is 17.1. The van der Waals surface area contributed by atoms with Crippen molar-refractivity contribution in [2.75, 3.05) is 13.2 Å². The van der Waals surface area contributed by atoms with Crippen LogP contribution in [0, 0.1) is 11.8 Å². The molecule has 33 heavy (non-hydrogen) atoms.